The second-order valence-electron chi connectivity index (χ2n) is 16.0. The topological polar surface area (TPSA) is 261 Å². The zero-order chi connectivity index (χ0) is 56.1. The summed E-state index contributed by atoms with van der Waals surface area (Å²) >= 11 is 5.64. The fraction of sp³-hybridized carbons (Fsp3) is 0.280. The molecule has 8 rings (SSSR count). The van der Waals surface area contributed by atoms with Crippen LogP contribution < -0.4 is 60.6 Å². The molecule has 0 atom stereocenters. The van der Waals surface area contributed by atoms with Gasteiger partial charge in [0.25, 0.3) is 30.2 Å². The number of ether oxygens (including phenoxy) is 2. The number of halogens is 3. The van der Waals surface area contributed by atoms with E-state index in [0.29, 0.717) is 115 Å². The first kappa shape index (κ1) is 60.0. The fourth-order valence-corrected chi connectivity index (χ4v) is 9.59. The molecule has 8 aromatic rings. The minimum atomic E-state index is -4.00. The zero-order valence-electron chi connectivity index (χ0n) is 44.7. The molecule has 0 aliphatic heterocycles. The van der Waals surface area contributed by atoms with Crippen LogP contribution in [0.2, 0.25) is 5.02 Å². The number of aromatic amines is 2. The molecule has 0 aliphatic carbocycles. The smallest absolute Gasteiger partial charge is 1.00 e. The number of rotatable bonds is 14. The number of anilines is 2. The van der Waals surface area contributed by atoms with Crippen molar-refractivity contribution >= 4 is 86.2 Å². The molecule has 396 valence electrons. The number of fused-ring (bicyclic) bond motifs is 2. The normalized spacial score (nSPS) is 11.0. The van der Waals surface area contributed by atoms with Crippen LogP contribution in [0.5, 0.6) is 11.5 Å². The second kappa shape index (κ2) is 27.3. The summed E-state index contributed by atoms with van der Waals surface area (Å²) in [4.78, 5) is 46.7. The predicted molar refractivity (Wildman–Crippen MR) is 291 cm³/mol. The van der Waals surface area contributed by atoms with E-state index in [1.165, 1.54) is 45.8 Å². The van der Waals surface area contributed by atoms with E-state index in [1.54, 1.807) is 64.3 Å². The number of hydrogen-bond acceptors (Lipinski definition) is 13. The maximum Gasteiger partial charge on any atom is 1.00 e. The number of nitrogens with two attached hydrogens (primary N) is 1. The molecule has 0 amide bonds. The van der Waals surface area contributed by atoms with Crippen molar-refractivity contribution in [1.82, 2.24) is 39.5 Å². The van der Waals surface area contributed by atoms with Gasteiger partial charge in [0, 0.05) is 41.2 Å². The van der Waals surface area contributed by atoms with Crippen molar-refractivity contribution in [3.63, 3.8) is 0 Å². The number of aromatic nitrogens is 8. The summed E-state index contributed by atoms with van der Waals surface area (Å²) in [6.45, 7) is 23.9. The molecular weight excluding hydrogens is 1070 g/mol. The molecule has 0 bridgehead atoms. The maximum absolute atomic E-state index is 13.2. The Morgan fingerprint density at radius 1 is 0.763 bits per heavy atom. The van der Waals surface area contributed by atoms with Gasteiger partial charge in [-0.1, -0.05) is 50.4 Å². The molecule has 0 aliphatic rings. The quantitative estimate of drug-likeness (QED) is 0.0367. The minimum absolute atomic E-state index is 0. The number of H-pyrrole nitrogens is 2. The first-order valence-corrected chi connectivity index (χ1v) is 27.0. The molecule has 0 saturated heterocycles. The molecular formula is C50H54Cl2FN12NaO8S2. The van der Waals surface area contributed by atoms with E-state index in [4.69, 9.17) is 52.0 Å². The van der Waals surface area contributed by atoms with Crippen LogP contribution in [0.15, 0.2) is 92.2 Å². The third-order valence-corrected chi connectivity index (χ3v) is 13.8. The van der Waals surface area contributed by atoms with Gasteiger partial charge in [0.05, 0.1) is 67.2 Å². The number of aryl methyl sites for hydroxylation is 5. The van der Waals surface area contributed by atoms with Crippen LogP contribution in [0.1, 0.15) is 60.3 Å². The summed E-state index contributed by atoms with van der Waals surface area (Å²) in [7, 11) is -0.103. The number of benzene rings is 4. The van der Waals surface area contributed by atoms with Crippen LogP contribution in [0.3, 0.4) is 0 Å². The summed E-state index contributed by atoms with van der Waals surface area (Å²) in [5.41, 5.74) is 10.9. The average molecular weight is 1130 g/mol. The van der Waals surface area contributed by atoms with E-state index in [1.807, 2.05) is 20.8 Å². The summed E-state index contributed by atoms with van der Waals surface area (Å²) in [5.74, 6) is 1.17. The Bertz CT molecular complexity index is 3870. The van der Waals surface area contributed by atoms with E-state index < -0.39 is 26.2 Å². The SMILES string of the molecule is CCCc1nn(C)c2c(=O)[nH]c(-c3cc(S(=O)(=O)Cl)ccc3OCC)nc12.[2H]CF.[C-]#[N+]c1ccc(N)cc1Cl.[C-]#[N+]c1ccc(NS(=O)(=O)c2ccc(OCC)c(-c3nc4c(CCC)nn(C)c4c(=O)[nH]3)c2)cc1C.[H-].[Na+]. The Labute approximate surface area is 473 Å². The Balaban J connectivity index is 0.000000334. The molecule has 0 spiro atoms. The third-order valence-electron chi connectivity index (χ3n) is 10.8. The molecule has 4 aromatic carbocycles. The summed E-state index contributed by atoms with van der Waals surface area (Å²) in [6, 6.07) is 18.1. The van der Waals surface area contributed by atoms with Crippen molar-refractivity contribution in [2.24, 2.45) is 14.1 Å². The first-order chi connectivity index (χ1) is 36.1. The minimum Gasteiger partial charge on any atom is -1.00 e. The molecule has 4 heterocycles. The summed E-state index contributed by atoms with van der Waals surface area (Å²) < 4.78 is 82.3. The molecule has 0 radical (unpaired) electrons. The van der Waals surface area contributed by atoms with Crippen molar-refractivity contribution in [3.8, 4) is 34.3 Å². The van der Waals surface area contributed by atoms with Crippen LogP contribution in [-0.4, -0.2) is 76.7 Å². The monoisotopic (exact) mass is 1130 g/mol. The van der Waals surface area contributed by atoms with Crippen LogP contribution in [0.25, 0.3) is 54.5 Å². The Morgan fingerprint density at radius 2 is 1.22 bits per heavy atom. The van der Waals surface area contributed by atoms with Gasteiger partial charge in [0.1, 0.15) is 34.2 Å². The van der Waals surface area contributed by atoms with Gasteiger partial charge in [-0.15, -0.1) is 0 Å². The van der Waals surface area contributed by atoms with Gasteiger partial charge in [0.15, 0.2) is 16.7 Å². The van der Waals surface area contributed by atoms with Crippen molar-refractivity contribution < 1.29 is 63.1 Å². The predicted octanol–water partition coefficient (Wildman–Crippen LogP) is 7.11. The van der Waals surface area contributed by atoms with E-state index in [-0.39, 0.29) is 63.5 Å². The molecule has 0 unspecified atom stereocenters. The molecule has 5 N–H and O–H groups in total. The summed E-state index contributed by atoms with van der Waals surface area (Å²) in [5, 5.41) is 9.22. The number of nitrogens with zero attached hydrogens (tertiary/aromatic N) is 8. The molecule has 0 fully saturated rings. The van der Waals surface area contributed by atoms with Crippen LogP contribution >= 0.6 is 22.3 Å². The number of sulfonamides is 1. The number of nitrogen functional groups attached to an aromatic ring is 1. The van der Waals surface area contributed by atoms with Crippen molar-refractivity contribution in [2.75, 3.05) is 30.8 Å². The van der Waals surface area contributed by atoms with Crippen LogP contribution in [0, 0.1) is 20.1 Å². The van der Waals surface area contributed by atoms with Gasteiger partial charge >= 0.3 is 29.6 Å². The molecule has 0 saturated carbocycles. The second-order valence-corrected chi connectivity index (χ2v) is 20.7. The molecule has 20 nitrogen and oxygen atoms in total. The van der Waals surface area contributed by atoms with Gasteiger partial charge in [0.2, 0.25) is 5.69 Å². The third kappa shape index (κ3) is 14.6. The number of nitrogens with one attached hydrogen (secondary N) is 3. The molecule has 76 heavy (non-hydrogen) atoms. The van der Waals surface area contributed by atoms with Crippen molar-refractivity contribution in [3.05, 3.63) is 138 Å². The fourth-order valence-electron chi connectivity index (χ4n) is 7.50. The largest absolute Gasteiger partial charge is 1.00 e. The van der Waals surface area contributed by atoms with Gasteiger partial charge in [-0.25, -0.2) is 36.5 Å². The Morgan fingerprint density at radius 3 is 1.64 bits per heavy atom. The number of alkyl halides is 1. The van der Waals surface area contributed by atoms with E-state index in [0.717, 1.165) is 12.8 Å². The van der Waals surface area contributed by atoms with E-state index in [2.05, 4.69) is 44.5 Å². The van der Waals surface area contributed by atoms with Crippen LogP contribution in [0.4, 0.5) is 27.1 Å². The Hall–Kier alpha value is -6.83. The average Bonchev–Trinajstić information content (AvgIpc) is 3.89. The van der Waals surface area contributed by atoms with E-state index >= 15 is 0 Å². The summed E-state index contributed by atoms with van der Waals surface area (Å²) in [6.07, 6.45) is 2.99. The van der Waals surface area contributed by atoms with E-state index in [9.17, 15) is 30.8 Å². The maximum atomic E-state index is 13.2. The first-order valence-electron chi connectivity index (χ1n) is 23.5. The molecule has 4 aromatic heterocycles. The Kier molecular flexibility index (Phi) is 21.6. The van der Waals surface area contributed by atoms with Crippen molar-refractivity contribution in [2.45, 2.75) is 70.1 Å². The van der Waals surface area contributed by atoms with Crippen LogP contribution in [-0.2, 0) is 46.0 Å². The standard InChI is InChI=1S/C25H26N6O4S.C17H19ClN4O4S.C7H5ClN2.CH3F.Na.H/c1-6-8-20-22-23(31(5)29-20)25(32)28-24(27-22)18-14-17(10-12-21(18)35-7-2)36(33,34)30-16-9-11-19(26-4)15(3)13-16;1-4-6-12-14-15(22(3)21-12)17(23)20-16(19-14)11-9-10(27(18,24)25)7-8-13(11)26-5-2;1-10-7-3-2-5(9)4-6(7)8;1-2;;/h9-14,30H,6-8H2,1-3,5H3,(H,27,28,32);7-9H,4-6H2,1-3H3,(H,19,20,23);2-4H,9H2;1H3;;/q;;;;+1;-1/i;;;1D;;. The zero-order valence-corrected chi connectivity index (χ0v) is 47.9. The molecule has 26 heteroatoms. The van der Waals surface area contributed by atoms with Gasteiger partial charge in [-0.05, 0) is 99.8 Å². The van der Waals surface area contributed by atoms with Gasteiger partial charge < -0.3 is 26.6 Å². The van der Waals surface area contributed by atoms with Gasteiger partial charge in [-0.2, -0.15) is 10.2 Å². The number of hydrogen-bond donors (Lipinski definition) is 4. The van der Waals surface area contributed by atoms with Crippen molar-refractivity contribution in [1.29, 1.82) is 0 Å². The van der Waals surface area contributed by atoms with Gasteiger partial charge in [-0.3, -0.25) is 28.1 Å².